The number of allylic oxidation sites excluding steroid dienone is 18. The Balaban J connectivity index is 4.06. The Morgan fingerprint density at radius 1 is 0.390 bits per heavy atom. The van der Waals surface area contributed by atoms with Crippen LogP contribution >= 0.6 is 7.82 Å². The molecule has 0 aliphatic heterocycles. The molecule has 0 aliphatic carbocycles. The number of carbonyl (C=O) groups is 2. The van der Waals surface area contributed by atoms with Gasteiger partial charge in [-0.05, 0) is 103 Å². The lowest BCUT2D eigenvalue weighted by Crippen LogP contribution is -2.37. The van der Waals surface area contributed by atoms with Crippen LogP contribution in [0.3, 0.4) is 0 Å². The minimum atomic E-state index is -4.65. The highest BCUT2D eigenvalue weighted by Crippen LogP contribution is 2.38. The molecule has 0 aromatic rings. The molecule has 0 saturated carbocycles. The summed E-state index contributed by atoms with van der Waals surface area (Å²) in [4.78, 5) is 38.0. The molecule has 0 fully saturated rings. The van der Waals surface area contributed by atoms with Crippen LogP contribution in [0.5, 0.6) is 0 Å². The number of esters is 2. The molecule has 2 atom stereocenters. The van der Waals surface area contributed by atoms with E-state index in [-0.39, 0.29) is 32.0 Å². The van der Waals surface area contributed by atoms with E-state index in [4.69, 9.17) is 18.5 Å². The lowest BCUT2D eigenvalue weighted by Gasteiger charge is -2.28. The van der Waals surface area contributed by atoms with E-state index >= 15 is 0 Å². The van der Waals surface area contributed by atoms with Crippen molar-refractivity contribution in [3.63, 3.8) is 0 Å². The number of unbranched alkanes of at least 4 members (excludes halogenated alkanes) is 29. The molecule has 0 heterocycles. The van der Waals surface area contributed by atoms with Crippen LogP contribution in [0.25, 0.3) is 0 Å². The number of nitrogens with zero attached hydrogens (tertiary/aromatic N) is 1. The molecule has 0 aliphatic rings. The molecule has 2 unspecified atom stereocenters. The van der Waals surface area contributed by atoms with Crippen LogP contribution in [0.4, 0.5) is 0 Å². The maximum atomic E-state index is 12.9. The zero-order chi connectivity index (χ0) is 59.8. The number of phosphoric ester groups is 1. The first-order chi connectivity index (χ1) is 40.0. The van der Waals surface area contributed by atoms with Gasteiger partial charge in [0.25, 0.3) is 7.82 Å². The molecular weight excluding hydrogens is 1040 g/mol. The molecule has 0 amide bonds. The Morgan fingerprint density at radius 3 is 1.04 bits per heavy atom. The van der Waals surface area contributed by atoms with Gasteiger partial charge in [0.15, 0.2) is 6.10 Å². The van der Waals surface area contributed by atoms with Gasteiger partial charge in [0, 0.05) is 12.8 Å². The minimum absolute atomic E-state index is 0.0347. The quantitative estimate of drug-likeness (QED) is 0.0195. The zero-order valence-corrected chi connectivity index (χ0v) is 54.6. The van der Waals surface area contributed by atoms with E-state index in [0.29, 0.717) is 17.4 Å². The molecule has 10 heteroatoms. The smallest absolute Gasteiger partial charge is 0.306 e. The summed E-state index contributed by atoms with van der Waals surface area (Å²) >= 11 is 0. The van der Waals surface area contributed by atoms with Gasteiger partial charge in [0.2, 0.25) is 0 Å². The molecule has 0 aromatic carbocycles. The topological polar surface area (TPSA) is 111 Å². The molecule has 0 bridgehead atoms. The normalized spacial score (nSPS) is 13.9. The number of hydrogen-bond donors (Lipinski definition) is 0. The lowest BCUT2D eigenvalue weighted by atomic mass is 10.0. The van der Waals surface area contributed by atoms with E-state index in [9.17, 15) is 19.0 Å². The van der Waals surface area contributed by atoms with E-state index in [2.05, 4.69) is 123 Å². The fraction of sp³-hybridized carbons (Fsp3) is 0.722. The van der Waals surface area contributed by atoms with E-state index in [1.54, 1.807) is 0 Å². The Morgan fingerprint density at radius 2 is 0.695 bits per heavy atom. The Hall–Kier alpha value is -3.33. The average molecular weight is 1160 g/mol. The second-order valence-corrected chi connectivity index (χ2v) is 24.9. The fourth-order valence-electron chi connectivity index (χ4n) is 9.14. The summed E-state index contributed by atoms with van der Waals surface area (Å²) in [6, 6.07) is 0. The van der Waals surface area contributed by atoms with Crippen LogP contribution in [0.2, 0.25) is 0 Å². The van der Waals surface area contributed by atoms with Crippen LogP contribution < -0.4 is 4.89 Å². The number of carbonyl (C=O) groups excluding carboxylic acids is 2. The molecular formula is C72H126NO8P. The molecule has 0 N–H and O–H groups in total. The van der Waals surface area contributed by atoms with E-state index in [0.717, 1.165) is 103 Å². The summed E-state index contributed by atoms with van der Waals surface area (Å²) in [5, 5.41) is 0. The Bertz CT molecular complexity index is 1750. The average Bonchev–Trinajstić information content (AvgIpc) is 3.46. The molecule has 472 valence electrons. The van der Waals surface area contributed by atoms with E-state index in [1.165, 1.54) is 148 Å². The molecule has 9 nitrogen and oxygen atoms in total. The predicted octanol–water partition coefficient (Wildman–Crippen LogP) is 21.1. The molecule has 0 aromatic heterocycles. The first-order valence-corrected chi connectivity index (χ1v) is 35.1. The fourth-order valence-corrected chi connectivity index (χ4v) is 9.87. The second-order valence-electron chi connectivity index (χ2n) is 23.5. The van der Waals surface area contributed by atoms with Crippen LogP contribution in [0, 0.1) is 0 Å². The summed E-state index contributed by atoms with van der Waals surface area (Å²) in [5.74, 6) is -0.835. The van der Waals surface area contributed by atoms with Crippen LogP contribution in [0.1, 0.15) is 284 Å². The van der Waals surface area contributed by atoms with Crippen molar-refractivity contribution in [3.05, 3.63) is 109 Å². The minimum Gasteiger partial charge on any atom is -0.756 e. The van der Waals surface area contributed by atoms with Gasteiger partial charge in [0.1, 0.15) is 19.8 Å². The van der Waals surface area contributed by atoms with Gasteiger partial charge in [-0.2, -0.15) is 0 Å². The van der Waals surface area contributed by atoms with Crippen molar-refractivity contribution >= 4 is 19.8 Å². The van der Waals surface area contributed by atoms with Crippen molar-refractivity contribution in [2.75, 3.05) is 47.5 Å². The van der Waals surface area contributed by atoms with Crippen LogP contribution in [0.15, 0.2) is 109 Å². The number of quaternary nitrogens is 1. The number of likely N-dealkylation sites (N-methyl/N-ethyl adjacent to an activating group) is 1. The Kier molecular flexibility index (Phi) is 59.7. The van der Waals surface area contributed by atoms with Crippen molar-refractivity contribution < 1.29 is 42.1 Å². The van der Waals surface area contributed by atoms with Gasteiger partial charge < -0.3 is 27.9 Å². The van der Waals surface area contributed by atoms with Crippen molar-refractivity contribution in [3.8, 4) is 0 Å². The third-order valence-electron chi connectivity index (χ3n) is 14.3. The predicted molar refractivity (Wildman–Crippen MR) is 351 cm³/mol. The highest BCUT2D eigenvalue weighted by atomic mass is 31.2. The van der Waals surface area contributed by atoms with Gasteiger partial charge in [0.05, 0.1) is 27.7 Å². The summed E-state index contributed by atoms with van der Waals surface area (Å²) < 4.78 is 34.3. The second kappa shape index (κ2) is 62.2. The van der Waals surface area contributed by atoms with Crippen LogP contribution in [-0.4, -0.2) is 70.0 Å². The largest absolute Gasteiger partial charge is 0.756 e. The maximum absolute atomic E-state index is 12.9. The standard InChI is InChI=1S/C72H126NO8P/c1-6-8-10-12-14-16-18-20-22-24-26-28-29-30-31-32-33-34-35-36-37-38-39-40-41-42-43-45-47-49-51-53-55-57-59-61-63-65-72(75)81-70(69-80-82(76,77)79-67-66-73(3,4)5)68-78-71(74)64-62-60-58-56-54-52-50-48-46-44-27-25-23-21-19-17-15-13-11-9-7-2/h8,10,14,16,19-22,25-28,30-31,33-34,36-37,70H,6-7,9,11-13,15,17-18,23-24,29,32,35,38-69H2,1-5H3/b10-8-,16-14-,21-19-,22-20-,27-25-,28-26-,31-30-,34-33-,37-36-. The van der Waals surface area contributed by atoms with Crippen molar-refractivity contribution in [2.45, 2.75) is 290 Å². The van der Waals surface area contributed by atoms with Gasteiger partial charge in [-0.25, -0.2) is 0 Å². The van der Waals surface area contributed by atoms with E-state index < -0.39 is 26.5 Å². The Labute approximate surface area is 506 Å². The van der Waals surface area contributed by atoms with Gasteiger partial charge in [-0.15, -0.1) is 0 Å². The van der Waals surface area contributed by atoms with Gasteiger partial charge in [-0.1, -0.05) is 277 Å². The number of phosphoric acid groups is 1. The molecule has 0 spiro atoms. The van der Waals surface area contributed by atoms with Crippen molar-refractivity contribution in [1.82, 2.24) is 0 Å². The summed E-state index contributed by atoms with van der Waals surface area (Å²) in [6.45, 7) is 4.13. The molecule has 0 radical (unpaired) electrons. The number of hydrogen-bond acceptors (Lipinski definition) is 8. The maximum Gasteiger partial charge on any atom is 0.306 e. The summed E-state index contributed by atoms with van der Waals surface area (Å²) in [5.41, 5.74) is 0. The SMILES string of the molecule is CC/C=C\C/C=C\C/C=C\C/C=C\C/C=C\C/C=C\C/C=C\CCCCCCCCCCCCCCCCCC(=O)OC(COC(=O)CCCCCCCCCCC/C=C\C/C=C\CCCCCCC)COP(=O)([O-])OCC[N+](C)(C)C. The summed E-state index contributed by atoms with van der Waals surface area (Å²) in [7, 11) is 1.16. The van der Waals surface area contributed by atoms with Crippen molar-refractivity contribution in [2.24, 2.45) is 0 Å². The van der Waals surface area contributed by atoms with E-state index in [1.807, 2.05) is 21.1 Å². The number of rotatable bonds is 61. The zero-order valence-electron chi connectivity index (χ0n) is 53.7. The lowest BCUT2D eigenvalue weighted by molar-refractivity contribution is -0.870. The molecule has 0 rings (SSSR count). The molecule has 0 saturated heterocycles. The van der Waals surface area contributed by atoms with Crippen LogP contribution in [-0.2, 0) is 32.7 Å². The number of ether oxygens (including phenoxy) is 2. The highest BCUT2D eigenvalue weighted by molar-refractivity contribution is 7.45. The van der Waals surface area contributed by atoms with Crippen molar-refractivity contribution in [1.29, 1.82) is 0 Å². The highest BCUT2D eigenvalue weighted by Gasteiger charge is 2.22. The van der Waals surface area contributed by atoms with Gasteiger partial charge >= 0.3 is 11.9 Å². The molecule has 82 heavy (non-hydrogen) atoms. The van der Waals surface area contributed by atoms with Gasteiger partial charge in [-0.3, -0.25) is 14.2 Å². The third kappa shape index (κ3) is 65.8. The first-order valence-electron chi connectivity index (χ1n) is 33.6. The monoisotopic (exact) mass is 1160 g/mol. The third-order valence-corrected chi connectivity index (χ3v) is 15.2. The first kappa shape index (κ1) is 78.7. The summed E-state index contributed by atoms with van der Waals surface area (Å²) in [6.07, 6.45) is 87.3.